The molecule has 0 atom stereocenters. The zero-order valence-corrected chi connectivity index (χ0v) is 9.07. The van der Waals surface area contributed by atoms with E-state index in [9.17, 15) is 0 Å². The minimum Gasteiger partial charge on any atom is -0.398 e. The van der Waals surface area contributed by atoms with Gasteiger partial charge in [0.2, 0.25) is 0 Å². The van der Waals surface area contributed by atoms with Gasteiger partial charge in [-0.1, -0.05) is 17.7 Å². The van der Waals surface area contributed by atoms with Crippen LogP contribution >= 0.6 is 11.6 Å². The van der Waals surface area contributed by atoms with E-state index in [4.69, 9.17) is 17.3 Å². The molecule has 1 aromatic carbocycles. The monoisotopic (exact) mass is 222 g/mol. The molecule has 0 spiro atoms. The molecule has 0 unspecified atom stereocenters. The summed E-state index contributed by atoms with van der Waals surface area (Å²) < 4.78 is 1.76. The van der Waals surface area contributed by atoms with Crippen LogP contribution in [0.4, 0.5) is 5.69 Å². The summed E-state index contributed by atoms with van der Waals surface area (Å²) in [5.41, 5.74) is 7.24. The lowest BCUT2D eigenvalue weighted by Gasteiger charge is -2.07. The van der Waals surface area contributed by atoms with Crippen molar-refractivity contribution in [2.45, 2.75) is 13.5 Å². The average Bonchev–Trinajstić information content (AvgIpc) is 2.65. The van der Waals surface area contributed by atoms with Crippen molar-refractivity contribution < 1.29 is 0 Å². The summed E-state index contributed by atoms with van der Waals surface area (Å²) in [5, 5.41) is 4.68. The van der Waals surface area contributed by atoms with Crippen LogP contribution in [0.15, 0.2) is 24.5 Å². The van der Waals surface area contributed by atoms with Crippen molar-refractivity contribution in [1.82, 2.24) is 14.8 Å². The summed E-state index contributed by atoms with van der Waals surface area (Å²) in [7, 11) is 0. The minimum absolute atomic E-state index is 0.595. The Hall–Kier alpha value is -1.55. The van der Waals surface area contributed by atoms with Crippen molar-refractivity contribution in [3.8, 4) is 11.4 Å². The van der Waals surface area contributed by atoms with E-state index in [1.807, 2.05) is 13.0 Å². The first-order valence-electron chi connectivity index (χ1n) is 4.66. The van der Waals surface area contributed by atoms with Gasteiger partial charge in [-0.05, 0) is 19.1 Å². The second-order valence-electron chi connectivity index (χ2n) is 3.10. The van der Waals surface area contributed by atoms with E-state index in [1.165, 1.54) is 6.33 Å². The predicted octanol–water partition coefficient (Wildman–Crippen LogP) is 2.20. The summed E-state index contributed by atoms with van der Waals surface area (Å²) in [6.45, 7) is 2.73. The zero-order valence-electron chi connectivity index (χ0n) is 8.31. The second-order valence-corrected chi connectivity index (χ2v) is 3.51. The number of nitrogens with zero attached hydrogens (tertiary/aromatic N) is 3. The number of hydrogen-bond donors (Lipinski definition) is 1. The van der Waals surface area contributed by atoms with Crippen LogP contribution in [0.25, 0.3) is 11.4 Å². The van der Waals surface area contributed by atoms with Crippen LogP contribution in [-0.2, 0) is 6.54 Å². The predicted molar refractivity (Wildman–Crippen MR) is 60.6 cm³/mol. The van der Waals surface area contributed by atoms with Crippen LogP contribution in [0.1, 0.15) is 6.92 Å². The fourth-order valence-corrected chi connectivity index (χ4v) is 1.73. The van der Waals surface area contributed by atoms with Crippen molar-refractivity contribution in [2.75, 3.05) is 5.73 Å². The van der Waals surface area contributed by atoms with E-state index < -0.39 is 0 Å². The van der Waals surface area contributed by atoms with E-state index in [-0.39, 0.29) is 0 Å². The van der Waals surface area contributed by atoms with Gasteiger partial charge >= 0.3 is 0 Å². The van der Waals surface area contributed by atoms with Gasteiger partial charge < -0.3 is 5.73 Å². The van der Waals surface area contributed by atoms with E-state index in [0.717, 1.165) is 12.1 Å². The fourth-order valence-electron chi connectivity index (χ4n) is 1.47. The molecule has 2 aromatic rings. The van der Waals surface area contributed by atoms with Gasteiger partial charge in [0.05, 0.1) is 10.6 Å². The van der Waals surface area contributed by atoms with Gasteiger partial charge in [0.25, 0.3) is 0 Å². The standard InChI is InChI=1S/C10H11ClN4/c1-2-15-10(13-6-14-15)9-7(11)4-3-5-8(9)12/h3-6H,2,12H2,1H3. The molecule has 0 aliphatic heterocycles. The highest BCUT2D eigenvalue weighted by Gasteiger charge is 2.12. The molecule has 2 N–H and O–H groups in total. The van der Waals surface area contributed by atoms with Crippen LogP contribution in [0, 0.1) is 0 Å². The molecule has 0 radical (unpaired) electrons. The maximum Gasteiger partial charge on any atom is 0.161 e. The topological polar surface area (TPSA) is 56.7 Å². The average molecular weight is 223 g/mol. The molecule has 0 aliphatic carbocycles. The summed E-state index contributed by atoms with van der Waals surface area (Å²) in [6.07, 6.45) is 1.50. The Morgan fingerprint density at radius 1 is 1.47 bits per heavy atom. The lowest BCUT2D eigenvalue weighted by atomic mass is 10.1. The number of benzene rings is 1. The Labute approximate surface area is 92.7 Å². The summed E-state index contributed by atoms with van der Waals surface area (Å²) in [5.74, 6) is 0.709. The lowest BCUT2D eigenvalue weighted by Crippen LogP contribution is -2.02. The van der Waals surface area contributed by atoms with Gasteiger partial charge in [0, 0.05) is 12.2 Å². The molecule has 0 amide bonds. The highest BCUT2D eigenvalue weighted by atomic mass is 35.5. The third-order valence-corrected chi connectivity index (χ3v) is 2.50. The van der Waals surface area contributed by atoms with Crippen LogP contribution in [0.2, 0.25) is 5.02 Å². The maximum atomic E-state index is 6.09. The van der Waals surface area contributed by atoms with Gasteiger partial charge in [-0.2, -0.15) is 5.10 Å². The number of aromatic nitrogens is 3. The van der Waals surface area contributed by atoms with Crippen molar-refractivity contribution >= 4 is 17.3 Å². The van der Waals surface area contributed by atoms with E-state index in [0.29, 0.717) is 16.5 Å². The number of anilines is 1. The third-order valence-electron chi connectivity index (χ3n) is 2.18. The molecule has 0 aliphatic rings. The Morgan fingerprint density at radius 3 is 2.93 bits per heavy atom. The Balaban J connectivity index is 2.63. The molecule has 2 rings (SSSR count). The largest absolute Gasteiger partial charge is 0.398 e. The quantitative estimate of drug-likeness (QED) is 0.793. The number of rotatable bonds is 2. The number of nitrogens with two attached hydrogens (primary N) is 1. The van der Waals surface area contributed by atoms with Crippen LogP contribution in [-0.4, -0.2) is 14.8 Å². The molecular formula is C10H11ClN4. The molecule has 0 saturated heterocycles. The zero-order chi connectivity index (χ0) is 10.8. The maximum absolute atomic E-state index is 6.09. The first-order chi connectivity index (χ1) is 7.24. The Kier molecular flexibility index (Phi) is 2.60. The number of aryl methyl sites for hydroxylation is 1. The Morgan fingerprint density at radius 2 is 2.27 bits per heavy atom. The summed E-state index contributed by atoms with van der Waals surface area (Å²) in [6, 6.07) is 5.41. The molecule has 5 heteroatoms. The van der Waals surface area contributed by atoms with Gasteiger partial charge in [0.1, 0.15) is 6.33 Å². The summed E-state index contributed by atoms with van der Waals surface area (Å²) >= 11 is 6.09. The molecular weight excluding hydrogens is 212 g/mol. The van der Waals surface area contributed by atoms with E-state index in [2.05, 4.69) is 10.1 Å². The van der Waals surface area contributed by atoms with Crippen LogP contribution < -0.4 is 5.73 Å². The first kappa shape index (κ1) is 9.98. The van der Waals surface area contributed by atoms with Gasteiger partial charge in [-0.15, -0.1) is 0 Å². The third kappa shape index (κ3) is 1.68. The van der Waals surface area contributed by atoms with Crippen LogP contribution in [0.5, 0.6) is 0 Å². The van der Waals surface area contributed by atoms with Gasteiger partial charge in [-0.3, -0.25) is 0 Å². The molecule has 0 saturated carbocycles. The van der Waals surface area contributed by atoms with Gasteiger partial charge in [0.15, 0.2) is 5.82 Å². The molecule has 1 heterocycles. The Bertz CT molecular complexity index is 458. The molecule has 4 nitrogen and oxygen atoms in total. The molecule has 0 fully saturated rings. The molecule has 15 heavy (non-hydrogen) atoms. The van der Waals surface area contributed by atoms with E-state index >= 15 is 0 Å². The highest BCUT2D eigenvalue weighted by molar-refractivity contribution is 6.33. The van der Waals surface area contributed by atoms with Crippen LogP contribution in [0.3, 0.4) is 0 Å². The number of nitrogen functional groups attached to an aromatic ring is 1. The molecule has 0 bridgehead atoms. The lowest BCUT2D eigenvalue weighted by molar-refractivity contribution is 0.666. The van der Waals surface area contributed by atoms with Crippen molar-refractivity contribution in [3.05, 3.63) is 29.5 Å². The van der Waals surface area contributed by atoms with Crippen molar-refractivity contribution in [2.24, 2.45) is 0 Å². The molecule has 1 aromatic heterocycles. The molecule has 78 valence electrons. The van der Waals surface area contributed by atoms with E-state index in [1.54, 1.807) is 16.8 Å². The smallest absolute Gasteiger partial charge is 0.161 e. The minimum atomic E-state index is 0.595. The number of hydrogen-bond acceptors (Lipinski definition) is 3. The second kappa shape index (κ2) is 3.90. The van der Waals surface area contributed by atoms with Gasteiger partial charge in [-0.25, -0.2) is 9.67 Å². The van der Waals surface area contributed by atoms with Crippen molar-refractivity contribution in [3.63, 3.8) is 0 Å². The summed E-state index contributed by atoms with van der Waals surface area (Å²) in [4.78, 5) is 4.17. The van der Waals surface area contributed by atoms with Crippen molar-refractivity contribution in [1.29, 1.82) is 0 Å². The normalized spacial score (nSPS) is 10.5. The fraction of sp³-hybridized carbons (Fsp3) is 0.200. The highest BCUT2D eigenvalue weighted by Crippen LogP contribution is 2.31. The SMILES string of the molecule is CCn1ncnc1-c1c(N)cccc1Cl. The number of halogens is 1. The first-order valence-corrected chi connectivity index (χ1v) is 5.04.